The largest absolute Gasteiger partial charge is 0.481 e. The summed E-state index contributed by atoms with van der Waals surface area (Å²) in [5.74, 6) is -0.725. The molecule has 1 rings (SSSR count). The van der Waals surface area contributed by atoms with Gasteiger partial charge in [0.15, 0.2) is 0 Å². The van der Waals surface area contributed by atoms with Crippen LogP contribution in [-0.4, -0.2) is 48.3 Å². The summed E-state index contributed by atoms with van der Waals surface area (Å²) < 4.78 is 5.44. The van der Waals surface area contributed by atoms with Crippen molar-refractivity contribution in [2.24, 2.45) is 0 Å². The van der Waals surface area contributed by atoms with E-state index in [1.54, 1.807) is 0 Å². The highest BCUT2D eigenvalue weighted by Crippen LogP contribution is 2.17. The first-order valence-corrected chi connectivity index (χ1v) is 5.13. The number of hydrogen-bond donors (Lipinski definition) is 1. The summed E-state index contributed by atoms with van der Waals surface area (Å²) in [7, 11) is 1.99. The van der Waals surface area contributed by atoms with E-state index in [4.69, 9.17) is 9.84 Å². The minimum Gasteiger partial charge on any atom is -0.481 e. The van der Waals surface area contributed by atoms with Crippen LogP contribution in [0.4, 0.5) is 0 Å². The lowest BCUT2D eigenvalue weighted by atomic mass is 10.0. The van der Waals surface area contributed by atoms with Crippen LogP contribution in [0, 0.1) is 0 Å². The second kappa shape index (κ2) is 5.32. The molecule has 14 heavy (non-hydrogen) atoms. The predicted molar refractivity (Wildman–Crippen MR) is 53.3 cm³/mol. The van der Waals surface area contributed by atoms with Crippen LogP contribution < -0.4 is 0 Å². The van der Waals surface area contributed by atoms with Crippen molar-refractivity contribution in [1.82, 2.24) is 4.90 Å². The maximum Gasteiger partial charge on any atom is 0.304 e. The monoisotopic (exact) mass is 201 g/mol. The minimum absolute atomic E-state index is 0.224. The fraction of sp³-hybridized carbons (Fsp3) is 0.900. The maximum absolute atomic E-state index is 10.4. The van der Waals surface area contributed by atoms with Gasteiger partial charge in [0.2, 0.25) is 0 Å². The smallest absolute Gasteiger partial charge is 0.304 e. The van der Waals surface area contributed by atoms with Crippen LogP contribution in [0.15, 0.2) is 0 Å². The molecule has 0 aromatic carbocycles. The number of ether oxygens (including phenoxy) is 1. The molecule has 0 radical (unpaired) electrons. The van der Waals surface area contributed by atoms with Crippen LogP contribution in [0.2, 0.25) is 0 Å². The van der Waals surface area contributed by atoms with Crippen molar-refractivity contribution in [3.05, 3.63) is 0 Å². The van der Waals surface area contributed by atoms with E-state index in [1.165, 1.54) is 0 Å². The molecule has 4 nitrogen and oxygen atoms in total. The summed E-state index contributed by atoms with van der Waals surface area (Å²) in [6.45, 7) is 3.49. The molecule has 0 saturated carbocycles. The molecule has 1 aliphatic heterocycles. The molecular weight excluding hydrogens is 182 g/mol. The second-order valence-electron chi connectivity index (χ2n) is 3.98. The van der Waals surface area contributed by atoms with Crippen LogP contribution >= 0.6 is 0 Å². The molecule has 0 aromatic rings. The van der Waals surface area contributed by atoms with Gasteiger partial charge in [-0.25, -0.2) is 0 Å². The van der Waals surface area contributed by atoms with Crippen LogP contribution in [0.3, 0.4) is 0 Å². The highest BCUT2D eigenvalue weighted by molar-refractivity contribution is 5.66. The highest BCUT2D eigenvalue weighted by Gasteiger charge is 2.22. The van der Waals surface area contributed by atoms with E-state index in [0.29, 0.717) is 18.7 Å². The van der Waals surface area contributed by atoms with E-state index in [1.807, 2.05) is 7.05 Å². The standard InChI is InChI=1S/C10H19NO3/c1-8-7-9(4-6-14-8)11(2)5-3-10(12)13/h8-9H,3-7H2,1-2H3,(H,12,13). The number of aliphatic carboxylic acids is 1. The first-order chi connectivity index (χ1) is 6.59. The quantitative estimate of drug-likeness (QED) is 0.736. The van der Waals surface area contributed by atoms with E-state index >= 15 is 0 Å². The first-order valence-electron chi connectivity index (χ1n) is 5.13. The van der Waals surface area contributed by atoms with Gasteiger partial charge >= 0.3 is 5.97 Å². The zero-order valence-electron chi connectivity index (χ0n) is 8.90. The topological polar surface area (TPSA) is 49.8 Å². The maximum atomic E-state index is 10.4. The minimum atomic E-state index is -0.725. The lowest BCUT2D eigenvalue weighted by Crippen LogP contribution is -2.40. The number of carbonyl (C=O) groups is 1. The summed E-state index contributed by atoms with van der Waals surface area (Å²) in [5, 5.41) is 8.56. The normalized spacial score (nSPS) is 27.9. The van der Waals surface area contributed by atoms with Gasteiger partial charge in [0.1, 0.15) is 0 Å². The Hall–Kier alpha value is -0.610. The SMILES string of the molecule is CC1CC(N(C)CCC(=O)O)CCO1. The van der Waals surface area contributed by atoms with Crippen LogP contribution in [0.5, 0.6) is 0 Å². The zero-order valence-corrected chi connectivity index (χ0v) is 8.90. The molecule has 0 amide bonds. The molecule has 0 bridgehead atoms. The Balaban J connectivity index is 2.28. The molecular formula is C10H19NO3. The molecule has 82 valence electrons. The molecule has 0 aromatic heterocycles. The summed E-state index contributed by atoms with van der Waals surface area (Å²) in [5.41, 5.74) is 0. The summed E-state index contributed by atoms with van der Waals surface area (Å²) in [6, 6.07) is 0.484. The second-order valence-corrected chi connectivity index (χ2v) is 3.98. The molecule has 1 fully saturated rings. The Morgan fingerprint density at radius 3 is 2.93 bits per heavy atom. The molecule has 2 unspecified atom stereocenters. The molecule has 1 N–H and O–H groups in total. The van der Waals surface area contributed by atoms with Gasteiger partial charge in [-0.1, -0.05) is 0 Å². The lowest BCUT2D eigenvalue weighted by molar-refractivity contribution is -0.137. The van der Waals surface area contributed by atoms with E-state index in [9.17, 15) is 4.79 Å². The van der Waals surface area contributed by atoms with Crippen LogP contribution in [0.1, 0.15) is 26.2 Å². The summed E-state index contributed by atoms with van der Waals surface area (Å²) in [4.78, 5) is 12.5. The van der Waals surface area contributed by atoms with Crippen molar-refractivity contribution < 1.29 is 14.6 Å². The molecule has 2 atom stereocenters. The predicted octanol–water partition coefficient (Wildman–Crippen LogP) is 0.960. The van der Waals surface area contributed by atoms with E-state index in [0.717, 1.165) is 19.4 Å². The Morgan fingerprint density at radius 2 is 2.36 bits per heavy atom. The molecule has 1 aliphatic rings. The van der Waals surface area contributed by atoms with Crippen molar-refractivity contribution in [3.63, 3.8) is 0 Å². The molecule has 4 heteroatoms. The summed E-state index contributed by atoms with van der Waals surface area (Å²) >= 11 is 0. The van der Waals surface area contributed by atoms with E-state index in [2.05, 4.69) is 11.8 Å². The summed E-state index contributed by atoms with van der Waals surface area (Å²) in [6.07, 6.45) is 2.56. The Labute approximate surface area is 84.8 Å². The van der Waals surface area contributed by atoms with Gasteiger partial charge in [0.05, 0.1) is 12.5 Å². The Kier molecular flexibility index (Phi) is 4.35. The van der Waals surface area contributed by atoms with Gasteiger partial charge in [0.25, 0.3) is 0 Å². The number of rotatable bonds is 4. The third kappa shape index (κ3) is 3.64. The van der Waals surface area contributed by atoms with Crippen molar-refractivity contribution in [2.75, 3.05) is 20.2 Å². The van der Waals surface area contributed by atoms with Crippen molar-refractivity contribution in [1.29, 1.82) is 0 Å². The van der Waals surface area contributed by atoms with E-state index in [-0.39, 0.29) is 6.42 Å². The van der Waals surface area contributed by atoms with Gasteiger partial charge in [-0.15, -0.1) is 0 Å². The number of carboxylic acids is 1. The fourth-order valence-corrected chi connectivity index (χ4v) is 1.83. The van der Waals surface area contributed by atoms with Gasteiger partial charge in [-0.3, -0.25) is 4.79 Å². The van der Waals surface area contributed by atoms with Crippen LogP contribution in [0.25, 0.3) is 0 Å². The third-order valence-corrected chi connectivity index (χ3v) is 2.76. The number of hydrogen-bond acceptors (Lipinski definition) is 3. The van der Waals surface area contributed by atoms with Gasteiger partial charge in [-0.05, 0) is 26.8 Å². The lowest BCUT2D eigenvalue weighted by Gasteiger charge is -2.33. The van der Waals surface area contributed by atoms with Crippen molar-refractivity contribution in [2.45, 2.75) is 38.3 Å². The average molecular weight is 201 g/mol. The van der Waals surface area contributed by atoms with Crippen molar-refractivity contribution in [3.8, 4) is 0 Å². The number of carboxylic acid groups (broad SMARTS) is 1. The van der Waals surface area contributed by atoms with E-state index < -0.39 is 5.97 Å². The van der Waals surface area contributed by atoms with Crippen LogP contribution in [-0.2, 0) is 9.53 Å². The highest BCUT2D eigenvalue weighted by atomic mass is 16.5. The zero-order chi connectivity index (χ0) is 10.6. The third-order valence-electron chi connectivity index (χ3n) is 2.76. The average Bonchev–Trinajstić information content (AvgIpc) is 2.14. The van der Waals surface area contributed by atoms with Gasteiger partial charge < -0.3 is 14.7 Å². The first kappa shape index (κ1) is 11.5. The Bertz CT molecular complexity index is 196. The van der Waals surface area contributed by atoms with Crippen molar-refractivity contribution >= 4 is 5.97 Å². The fourth-order valence-electron chi connectivity index (χ4n) is 1.83. The molecule has 1 heterocycles. The number of nitrogens with zero attached hydrogens (tertiary/aromatic N) is 1. The Morgan fingerprint density at radius 1 is 1.64 bits per heavy atom. The molecule has 0 aliphatic carbocycles. The molecule has 0 spiro atoms. The van der Waals surface area contributed by atoms with Gasteiger partial charge in [-0.2, -0.15) is 0 Å². The van der Waals surface area contributed by atoms with Gasteiger partial charge in [0, 0.05) is 19.2 Å². The molecule has 1 saturated heterocycles.